The minimum Gasteiger partial charge on any atom is -0.406 e. The zero-order valence-electron chi connectivity index (χ0n) is 9.58. The van der Waals surface area contributed by atoms with Crippen molar-refractivity contribution in [1.29, 1.82) is 0 Å². The molecule has 1 aromatic carbocycles. The average Bonchev–Trinajstić information content (AvgIpc) is 3.02. The highest BCUT2D eigenvalue weighted by molar-refractivity contribution is 7.09. The van der Waals surface area contributed by atoms with Gasteiger partial charge in [0.05, 0.1) is 0 Å². The van der Waals surface area contributed by atoms with Gasteiger partial charge in [0.1, 0.15) is 0 Å². The highest BCUT2D eigenvalue weighted by Crippen LogP contribution is 2.19. The van der Waals surface area contributed by atoms with Gasteiger partial charge in [0.2, 0.25) is 5.90 Å². The van der Waals surface area contributed by atoms with E-state index in [-0.39, 0.29) is 5.97 Å². The Bertz CT molecular complexity index is 575. The largest absolute Gasteiger partial charge is 0.406 e. The Balaban J connectivity index is 1.81. The highest BCUT2D eigenvalue weighted by atomic mass is 32.1. The molecule has 1 aromatic heterocycles. The smallest absolute Gasteiger partial charge is 0.338 e. The van der Waals surface area contributed by atoms with Gasteiger partial charge >= 0.3 is 5.97 Å². The minimum atomic E-state index is -0.404. The van der Waals surface area contributed by atoms with E-state index >= 15 is 0 Å². The average molecular weight is 257 g/mol. The van der Waals surface area contributed by atoms with E-state index in [0.717, 1.165) is 10.4 Å². The van der Waals surface area contributed by atoms with Crippen LogP contribution in [0.15, 0.2) is 52.8 Å². The quantitative estimate of drug-likeness (QED) is 0.793. The van der Waals surface area contributed by atoms with Crippen molar-refractivity contribution in [3.05, 3.63) is 58.3 Å². The lowest BCUT2D eigenvalue weighted by Gasteiger charge is -1.99. The normalized spacial score (nSPS) is 18.6. The second-order valence-corrected chi connectivity index (χ2v) is 5.05. The van der Waals surface area contributed by atoms with Gasteiger partial charge in [-0.3, -0.25) is 0 Å². The van der Waals surface area contributed by atoms with Crippen molar-refractivity contribution in [2.45, 2.75) is 12.5 Å². The van der Waals surface area contributed by atoms with Crippen LogP contribution in [0, 0.1) is 0 Å². The third-order valence-corrected chi connectivity index (χ3v) is 3.64. The van der Waals surface area contributed by atoms with Crippen molar-refractivity contribution in [3.8, 4) is 0 Å². The highest BCUT2D eigenvalue weighted by Gasteiger charge is 2.29. The molecule has 2 aromatic rings. The molecule has 2 heterocycles. The molecule has 1 aliphatic rings. The van der Waals surface area contributed by atoms with Crippen LogP contribution in [0.25, 0.3) is 0 Å². The third-order valence-electron chi connectivity index (χ3n) is 2.74. The van der Waals surface area contributed by atoms with E-state index in [1.165, 1.54) is 0 Å². The van der Waals surface area contributed by atoms with Crippen molar-refractivity contribution < 1.29 is 9.53 Å². The van der Waals surface area contributed by atoms with Crippen LogP contribution in [0.2, 0.25) is 0 Å². The number of hydrogen-bond acceptors (Lipinski definition) is 4. The van der Waals surface area contributed by atoms with E-state index in [2.05, 4.69) is 4.99 Å². The van der Waals surface area contributed by atoms with Gasteiger partial charge in [-0.15, -0.1) is 11.3 Å². The first-order valence-electron chi connectivity index (χ1n) is 5.70. The summed E-state index contributed by atoms with van der Waals surface area (Å²) in [5.74, 6) is 0.171. The number of thiophene rings is 1. The molecule has 3 nitrogen and oxygen atoms in total. The minimum absolute atomic E-state index is 0.262. The maximum Gasteiger partial charge on any atom is 0.338 e. The number of nitrogens with zero attached hydrogens (tertiary/aromatic N) is 1. The molecule has 0 aliphatic carbocycles. The number of esters is 1. The van der Waals surface area contributed by atoms with Gasteiger partial charge in [-0.25, -0.2) is 9.79 Å². The molecule has 0 amide bonds. The van der Waals surface area contributed by atoms with E-state index in [1.54, 1.807) is 11.3 Å². The second kappa shape index (κ2) is 4.74. The van der Waals surface area contributed by atoms with Gasteiger partial charge < -0.3 is 4.74 Å². The summed E-state index contributed by atoms with van der Waals surface area (Å²) in [7, 11) is 0. The van der Waals surface area contributed by atoms with Gasteiger partial charge in [-0.1, -0.05) is 24.3 Å². The Morgan fingerprint density at radius 3 is 2.72 bits per heavy atom. The topological polar surface area (TPSA) is 38.7 Å². The first kappa shape index (κ1) is 11.2. The number of carbonyl (C=O) groups is 1. The summed E-state index contributed by atoms with van der Waals surface area (Å²) < 4.78 is 5.22. The monoisotopic (exact) mass is 257 g/mol. The molecule has 0 saturated heterocycles. The van der Waals surface area contributed by atoms with Crippen LogP contribution in [0.4, 0.5) is 0 Å². The van der Waals surface area contributed by atoms with Crippen molar-refractivity contribution in [1.82, 2.24) is 0 Å². The molecule has 18 heavy (non-hydrogen) atoms. The molecule has 0 N–H and O–H groups in total. The summed E-state index contributed by atoms with van der Waals surface area (Å²) >= 11 is 1.63. The van der Waals surface area contributed by atoms with Crippen molar-refractivity contribution in [2.75, 3.05) is 0 Å². The Kier molecular flexibility index (Phi) is 2.94. The van der Waals surface area contributed by atoms with Crippen LogP contribution in [-0.2, 0) is 16.0 Å². The Labute approximate surface area is 109 Å². The fourth-order valence-corrected chi connectivity index (χ4v) is 2.59. The number of cyclic esters (lactones) is 1. The maximum absolute atomic E-state index is 11.8. The van der Waals surface area contributed by atoms with Gasteiger partial charge in [0.25, 0.3) is 0 Å². The van der Waals surface area contributed by atoms with Gasteiger partial charge in [0.15, 0.2) is 6.04 Å². The Morgan fingerprint density at radius 2 is 2.00 bits per heavy atom. The molecule has 3 rings (SSSR count). The van der Waals surface area contributed by atoms with Gasteiger partial charge in [-0.2, -0.15) is 0 Å². The third kappa shape index (κ3) is 2.19. The van der Waals surface area contributed by atoms with Gasteiger partial charge in [-0.05, 0) is 23.6 Å². The number of aliphatic imine (C=N–C) groups is 1. The van der Waals surface area contributed by atoms with Crippen molar-refractivity contribution in [3.63, 3.8) is 0 Å². The summed E-state index contributed by atoms with van der Waals surface area (Å²) in [5, 5.41) is 2.00. The summed E-state index contributed by atoms with van der Waals surface area (Å²) in [4.78, 5) is 17.3. The lowest BCUT2D eigenvalue weighted by Crippen LogP contribution is -2.17. The number of carbonyl (C=O) groups excluding carboxylic acids is 1. The molecule has 0 fully saturated rings. The first-order valence-corrected chi connectivity index (χ1v) is 6.58. The lowest BCUT2D eigenvalue weighted by atomic mass is 10.2. The van der Waals surface area contributed by atoms with E-state index in [0.29, 0.717) is 12.3 Å². The van der Waals surface area contributed by atoms with Crippen LogP contribution >= 0.6 is 11.3 Å². The number of benzene rings is 1. The predicted octanol–water partition coefficient (Wildman–Crippen LogP) is 2.66. The van der Waals surface area contributed by atoms with Crippen molar-refractivity contribution in [2.24, 2.45) is 4.99 Å². The maximum atomic E-state index is 11.8. The van der Waals surface area contributed by atoms with E-state index in [4.69, 9.17) is 4.74 Å². The summed E-state index contributed by atoms with van der Waals surface area (Å²) in [6.07, 6.45) is 0.618. The molecule has 1 atom stereocenters. The first-order chi connectivity index (χ1) is 8.83. The van der Waals surface area contributed by atoms with Crippen molar-refractivity contribution >= 4 is 23.2 Å². The van der Waals surface area contributed by atoms with Crippen LogP contribution in [0.5, 0.6) is 0 Å². The summed E-state index contributed by atoms with van der Waals surface area (Å²) in [6.45, 7) is 0. The van der Waals surface area contributed by atoms with Crippen LogP contribution in [-0.4, -0.2) is 17.9 Å². The SMILES string of the molecule is O=C1OC(c2ccccc2)=NC1Cc1cccs1. The molecule has 1 aliphatic heterocycles. The molecule has 4 heteroatoms. The zero-order valence-corrected chi connectivity index (χ0v) is 10.4. The molecule has 0 saturated carbocycles. The predicted molar refractivity (Wildman–Crippen MR) is 70.9 cm³/mol. The summed E-state index contributed by atoms with van der Waals surface area (Å²) in [6, 6.07) is 13.1. The van der Waals surface area contributed by atoms with E-state index in [9.17, 15) is 4.79 Å². The molecule has 0 spiro atoms. The fraction of sp³-hybridized carbons (Fsp3) is 0.143. The van der Waals surface area contributed by atoms with Crippen LogP contribution in [0.3, 0.4) is 0 Å². The standard InChI is InChI=1S/C14H11NO2S/c16-14-12(9-11-7-4-8-18-11)15-13(17-14)10-5-2-1-3-6-10/h1-8,12H,9H2. The Hall–Kier alpha value is -1.94. The zero-order chi connectivity index (χ0) is 12.4. The fourth-order valence-electron chi connectivity index (χ4n) is 1.85. The molecule has 90 valence electrons. The van der Waals surface area contributed by atoms with Gasteiger partial charge in [0, 0.05) is 16.9 Å². The second-order valence-electron chi connectivity index (χ2n) is 4.02. The number of hydrogen-bond donors (Lipinski definition) is 0. The number of ether oxygens (including phenoxy) is 1. The van der Waals surface area contributed by atoms with E-state index in [1.807, 2.05) is 47.8 Å². The molecular formula is C14H11NO2S. The summed E-state index contributed by atoms with van der Waals surface area (Å²) in [5.41, 5.74) is 0.847. The van der Waals surface area contributed by atoms with Crippen LogP contribution in [0.1, 0.15) is 10.4 Å². The molecule has 1 unspecified atom stereocenters. The molecular weight excluding hydrogens is 246 g/mol. The Morgan fingerprint density at radius 1 is 1.17 bits per heavy atom. The molecule has 0 radical (unpaired) electrons. The van der Waals surface area contributed by atoms with Crippen LogP contribution < -0.4 is 0 Å². The van der Waals surface area contributed by atoms with E-state index < -0.39 is 6.04 Å². The molecule has 0 bridgehead atoms. The number of rotatable bonds is 3. The lowest BCUT2D eigenvalue weighted by molar-refractivity contribution is -0.134.